The van der Waals surface area contributed by atoms with E-state index in [9.17, 15) is 0 Å². The number of guanidine groups is 1. The summed E-state index contributed by atoms with van der Waals surface area (Å²) in [5.41, 5.74) is 4.54. The van der Waals surface area contributed by atoms with Crippen molar-refractivity contribution in [2.24, 2.45) is 9.98 Å². The summed E-state index contributed by atoms with van der Waals surface area (Å²) in [5, 5.41) is 3.59. The quantitative estimate of drug-likeness (QED) is 0.522. The first-order valence-corrected chi connectivity index (χ1v) is 11.5. The minimum Gasteiger partial charge on any atom is -0.497 e. The second-order valence-electron chi connectivity index (χ2n) is 8.78. The molecule has 1 aliphatic heterocycles. The van der Waals surface area contributed by atoms with Crippen LogP contribution in [0.3, 0.4) is 0 Å². The van der Waals surface area contributed by atoms with Crippen molar-refractivity contribution < 1.29 is 4.74 Å². The Labute approximate surface area is 186 Å². The van der Waals surface area contributed by atoms with Gasteiger partial charge in [0.25, 0.3) is 0 Å². The predicted octanol–water partition coefficient (Wildman–Crippen LogP) is 5.56. The van der Waals surface area contributed by atoms with E-state index in [2.05, 4.69) is 49.2 Å². The van der Waals surface area contributed by atoms with Gasteiger partial charge in [0.15, 0.2) is 0 Å². The van der Waals surface area contributed by atoms with Crippen LogP contribution in [0.2, 0.25) is 0 Å². The van der Waals surface area contributed by atoms with E-state index in [1.807, 2.05) is 24.3 Å². The Morgan fingerprint density at radius 3 is 2.32 bits per heavy atom. The van der Waals surface area contributed by atoms with Crippen LogP contribution in [0.1, 0.15) is 55.7 Å². The second kappa shape index (κ2) is 9.54. The van der Waals surface area contributed by atoms with Gasteiger partial charge in [0.1, 0.15) is 11.6 Å². The molecule has 1 saturated carbocycles. The van der Waals surface area contributed by atoms with Gasteiger partial charge in [-0.15, -0.1) is 0 Å². The van der Waals surface area contributed by atoms with Gasteiger partial charge < -0.3 is 15.0 Å². The van der Waals surface area contributed by atoms with Crippen LogP contribution in [0.4, 0.5) is 5.69 Å². The molecule has 1 saturated heterocycles. The van der Waals surface area contributed by atoms with Crippen molar-refractivity contribution in [1.82, 2.24) is 4.90 Å². The normalized spacial score (nSPS) is 20.0. The molecular formula is C26H34N4O. The Balaban J connectivity index is 1.76. The second-order valence-corrected chi connectivity index (χ2v) is 8.78. The van der Waals surface area contributed by atoms with E-state index in [4.69, 9.17) is 14.7 Å². The zero-order chi connectivity index (χ0) is 21.8. The van der Waals surface area contributed by atoms with Crippen molar-refractivity contribution >= 4 is 17.5 Å². The number of rotatable bonds is 4. The van der Waals surface area contributed by atoms with Gasteiger partial charge in [-0.05, 0) is 88.3 Å². The number of benzene rings is 2. The van der Waals surface area contributed by atoms with Crippen molar-refractivity contribution in [3.05, 3.63) is 59.2 Å². The molecule has 1 aliphatic carbocycles. The molecule has 31 heavy (non-hydrogen) atoms. The van der Waals surface area contributed by atoms with Gasteiger partial charge in [-0.3, -0.25) is 0 Å². The molecule has 1 N–H and O–H groups in total. The van der Waals surface area contributed by atoms with Crippen LogP contribution in [-0.4, -0.2) is 42.4 Å². The van der Waals surface area contributed by atoms with Gasteiger partial charge >= 0.3 is 0 Å². The van der Waals surface area contributed by atoms with E-state index in [1.165, 1.54) is 43.2 Å². The van der Waals surface area contributed by atoms with Crippen molar-refractivity contribution in [1.29, 1.82) is 0 Å². The molecule has 5 heteroatoms. The van der Waals surface area contributed by atoms with Gasteiger partial charge in [-0.1, -0.05) is 18.2 Å². The summed E-state index contributed by atoms with van der Waals surface area (Å²) in [6.45, 7) is 7.62. The number of likely N-dealkylation sites (tertiary alicyclic amines) is 1. The molecule has 1 heterocycles. The van der Waals surface area contributed by atoms with Crippen molar-refractivity contribution in [3.8, 4) is 5.75 Å². The van der Waals surface area contributed by atoms with Crippen LogP contribution in [-0.2, 0) is 0 Å². The number of anilines is 1. The SMILES string of the molecule is COc1ccc(N/C(=N\C(=NC2CC2)N2CCCCC2C)c2c(C)cccc2C)cc1. The van der Waals surface area contributed by atoms with Gasteiger partial charge in [0.05, 0.1) is 13.2 Å². The number of nitrogens with one attached hydrogen (secondary N) is 1. The third-order valence-corrected chi connectivity index (χ3v) is 6.19. The largest absolute Gasteiger partial charge is 0.497 e. The lowest BCUT2D eigenvalue weighted by atomic mass is 10.0. The number of piperidine rings is 1. The molecule has 5 nitrogen and oxygen atoms in total. The van der Waals surface area contributed by atoms with Crippen LogP contribution in [0.15, 0.2) is 52.4 Å². The standard InChI is InChI=1S/C26H34N4O/c1-18-8-7-9-19(2)24(18)25(27-21-13-15-23(31-4)16-14-21)29-26(28-22-11-12-22)30-17-6-5-10-20(30)3/h7-9,13-16,20,22H,5-6,10-12,17H2,1-4H3,(H,27,28,29). The molecular weight excluding hydrogens is 384 g/mol. The molecule has 1 unspecified atom stereocenters. The number of hydrogen-bond acceptors (Lipinski definition) is 2. The van der Waals surface area contributed by atoms with E-state index in [1.54, 1.807) is 7.11 Å². The fourth-order valence-corrected chi connectivity index (χ4v) is 4.17. The highest BCUT2D eigenvalue weighted by atomic mass is 16.5. The third kappa shape index (κ3) is 5.27. The average molecular weight is 419 g/mol. The minimum atomic E-state index is 0.424. The summed E-state index contributed by atoms with van der Waals surface area (Å²) in [6.07, 6.45) is 6.03. The Kier molecular flexibility index (Phi) is 6.59. The summed E-state index contributed by atoms with van der Waals surface area (Å²) in [7, 11) is 1.69. The molecule has 2 fully saturated rings. The Morgan fingerprint density at radius 2 is 1.71 bits per heavy atom. The number of methoxy groups -OCH3 is 1. The maximum atomic E-state index is 5.32. The molecule has 0 bridgehead atoms. The van der Waals surface area contributed by atoms with Crippen LogP contribution < -0.4 is 10.1 Å². The van der Waals surface area contributed by atoms with E-state index in [0.717, 1.165) is 35.3 Å². The first-order valence-electron chi connectivity index (χ1n) is 11.5. The molecule has 2 aromatic carbocycles. The highest BCUT2D eigenvalue weighted by Crippen LogP contribution is 2.27. The molecule has 0 amide bonds. The Bertz CT molecular complexity index is 940. The van der Waals surface area contributed by atoms with Crippen molar-refractivity contribution in [2.45, 2.75) is 65.0 Å². The number of aryl methyl sites for hydroxylation is 2. The molecule has 164 valence electrons. The highest BCUT2D eigenvalue weighted by Gasteiger charge is 2.27. The molecule has 0 radical (unpaired) electrons. The molecule has 0 spiro atoms. The molecule has 2 aromatic rings. The fraction of sp³-hybridized carbons (Fsp3) is 0.462. The van der Waals surface area contributed by atoms with Crippen LogP contribution >= 0.6 is 0 Å². The van der Waals surface area contributed by atoms with Crippen LogP contribution in [0.5, 0.6) is 5.75 Å². The lowest BCUT2D eigenvalue weighted by molar-refractivity contribution is 0.255. The number of hydrogen-bond donors (Lipinski definition) is 1. The topological polar surface area (TPSA) is 49.2 Å². The van der Waals surface area contributed by atoms with E-state index in [0.29, 0.717) is 12.1 Å². The van der Waals surface area contributed by atoms with E-state index >= 15 is 0 Å². The zero-order valence-corrected chi connectivity index (χ0v) is 19.2. The lowest BCUT2D eigenvalue weighted by Gasteiger charge is -2.34. The average Bonchev–Trinajstić information content (AvgIpc) is 3.58. The first kappa shape index (κ1) is 21.4. The minimum absolute atomic E-state index is 0.424. The number of amidine groups is 1. The van der Waals surface area contributed by atoms with Crippen LogP contribution in [0.25, 0.3) is 0 Å². The third-order valence-electron chi connectivity index (χ3n) is 6.19. The number of ether oxygens (including phenoxy) is 1. The summed E-state index contributed by atoms with van der Waals surface area (Å²) in [5.74, 6) is 2.58. The maximum absolute atomic E-state index is 5.32. The first-order chi connectivity index (χ1) is 15.0. The molecule has 0 aromatic heterocycles. The van der Waals surface area contributed by atoms with Gasteiger partial charge in [0, 0.05) is 23.8 Å². The summed E-state index contributed by atoms with van der Waals surface area (Å²) < 4.78 is 5.32. The summed E-state index contributed by atoms with van der Waals surface area (Å²) in [4.78, 5) is 12.7. The monoisotopic (exact) mass is 418 g/mol. The number of aliphatic imine (C=N–C) groups is 2. The molecule has 2 aliphatic rings. The van der Waals surface area contributed by atoms with E-state index < -0.39 is 0 Å². The van der Waals surface area contributed by atoms with Gasteiger partial charge in [-0.25, -0.2) is 4.99 Å². The molecule has 1 atom stereocenters. The van der Waals surface area contributed by atoms with Crippen molar-refractivity contribution in [3.63, 3.8) is 0 Å². The van der Waals surface area contributed by atoms with Crippen molar-refractivity contribution in [2.75, 3.05) is 19.0 Å². The predicted molar refractivity (Wildman–Crippen MR) is 130 cm³/mol. The van der Waals surface area contributed by atoms with Gasteiger partial charge in [-0.2, -0.15) is 4.99 Å². The lowest BCUT2D eigenvalue weighted by Crippen LogP contribution is -2.42. The fourth-order valence-electron chi connectivity index (χ4n) is 4.17. The van der Waals surface area contributed by atoms with Crippen LogP contribution in [0, 0.1) is 13.8 Å². The maximum Gasteiger partial charge on any atom is 0.223 e. The molecule has 4 rings (SSSR count). The zero-order valence-electron chi connectivity index (χ0n) is 19.2. The number of nitrogens with zero attached hydrogens (tertiary/aromatic N) is 3. The Hall–Kier alpha value is -2.82. The highest BCUT2D eigenvalue weighted by molar-refractivity contribution is 6.14. The summed E-state index contributed by atoms with van der Waals surface area (Å²) in [6, 6.07) is 15.3. The smallest absolute Gasteiger partial charge is 0.223 e. The van der Waals surface area contributed by atoms with Gasteiger partial charge in [0.2, 0.25) is 5.96 Å². The Morgan fingerprint density at radius 1 is 1.00 bits per heavy atom. The summed E-state index contributed by atoms with van der Waals surface area (Å²) >= 11 is 0. The van der Waals surface area contributed by atoms with E-state index in [-0.39, 0.29) is 0 Å².